The highest BCUT2D eigenvalue weighted by atomic mass is 16.5. The fraction of sp³-hybridized carbons (Fsp3) is 0.588. The van der Waals surface area contributed by atoms with Crippen LogP contribution in [0.1, 0.15) is 29.6 Å². The molecule has 0 radical (unpaired) electrons. The molecule has 2 amide bonds. The maximum Gasteiger partial charge on any atom is 0.255 e. The van der Waals surface area contributed by atoms with Crippen molar-refractivity contribution in [3.8, 4) is 0 Å². The zero-order valence-corrected chi connectivity index (χ0v) is 13.5. The Morgan fingerprint density at radius 2 is 2.04 bits per heavy atom. The maximum atomic E-state index is 12.7. The minimum absolute atomic E-state index is 0.00892. The van der Waals surface area contributed by atoms with Crippen molar-refractivity contribution < 1.29 is 14.3 Å². The second-order valence-corrected chi connectivity index (χ2v) is 6.35. The van der Waals surface area contributed by atoms with E-state index >= 15 is 0 Å². The van der Waals surface area contributed by atoms with Gasteiger partial charge >= 0.3 is 0 Å². The Morgan fingerprint density at radius 3 is 2.70 bits per heavy atom. The standard InChI is InChI=1S/C17H23N3O3/c1-23-12-11-20-10-6-17(16(20)22)4-8-19(9-5-17)15(21)14-3-2-7-18-13-14/h2-3,7,13H,4-6,8-12H2,1H3. The number of hydrogen-bond acceptors (Lipinski definition) is 4. The number of carbonyl (C=O) groups is 2. The fourth-order valence-corrected chi connectivity index (χ4v) is 3.58. The zero-order chi connectivity index (χ0) is 16.3. The summed E-state index contributed by atoms with van der Waals surface area (Å²) in [4.78, 5) is 32.9. The Morgan fingerprint density at radius 1 is 1.30 bits per heavy atom. The van der Waals surface area contributed by atoms with E-state index in [4.69, 9.17) is 4.74 Å². The molecule has 3 rings (SSSR count). The number of aromatic nitrogens is 1. The van der Waals surface area contributed by atoms with E-state index in [-0.39, 0.29) is 17.2 Å². The molecule has 2 aliphatic rings. The van der Waals surface area contributed by atoms with E-state index in [0.717, 1.165) is 25.8 Å². The summed E-state index contributed by atoms with van der Waals surface area (Å²) in [7, 11) is 1.65. The van der Waals surface area contributed by atoms with Crippen molar-refractivity contribution in [3.05, 3.63) is 30.1 Å². The van der Waals surface area contributed by atoms with E-state index in [9.17, 15) is 9.59 Å². The first kappa shape index (κ1) is 15.9. The van der Waals surface area contributed by atoms with Gasteiger partial charge in [0.2, 0.25) is 5.91 Å². The van der Waals surface area contributed by atoms with E-state index in [1.807, 2.05) is 9.80 Å². The second kappa shape index (κ2) is 6.66. The van der Waals surface area contributed by atoms with Crippen LogP contribution in [0.15, 0.2) is 24.5 Å². The summed E-state index contributed by atoms with van der Waals surface area (Å²) in [6.45, 7) is 3.32. The van der Waals surface area contributed by atoms with Crippen LogP contribution < -0.4 is 0 Å². The number of hydrogen-bond donors (Lipinski definition) is 0. The normalized spacial score (nSPS) is 20.3. The molecule has 6 heteroatoms. The van der Waals surface area contributed by atoms with Gasteiger partial charge < -0.3 is 14.5 Å². The third-order valence-electron chi connectivity index (χ3n) is 5.08. The molecule has 1 aromatic heterocycles. The van der Waals surface area contributed by atoms with Crippen LogP contribution in [0.2, 0.25) is 0 Å². The number of amides is 2. The number of carbonyl (C=O) groups excluding carboxylic acids is 2. The van der Waals surface area contributed by atoms with Crippen LogP contribution in [-0.2, 0) is 9.53 Å². The fourth-order valence-electron chi connectivity index (χ4n) is 3.58. The summed E-state index contributed by atoms with van der Waals surface area (Å²) < 4.78 is 5.07. The van der Waals surface area contributed by atoms with Gasteiger partial charge in [0.05, 0.1) is 17.6 Å². The topological polar surface area (TPSA) is 62.7 Å². The molecule has 2 saturated heterocycles. The summed E-state index contributed by atoms with van der Waals surface area (Å²) in [5.41, 5.74) is 0.349. The highest BCUT2D eigenvalue weighted by molar-refractivity contribution is 5.94. The smallest absolute Gasteiger partial charge is 0.255 e. The first-order chi connectivity index (χ1) is 11.2. The Labute approximate surface area is 136 Å². The van der Waals surface area contributed by atoms with Gasteiger partial charge in [0.25, 0.3) is 5.91 Å². The molecular formula is C17H23N3O3. The van der Waals surface area contributed by atoms with Crippen molar-refractivity contribution in [2.45, 2.75) is 19.3 Å². The predicted molar refractivity (Wildman–Crippen MR) is 84.9 cm³/mol. The van der Waals surface area contributed by atoms with E-state index in [0.29, 0.717) is 31.8 Å². The van der Waals surface area contributed by atoms with Crippen LogP contribution in [0, 0.1) is 5.41 Å². The lowest BCUT2D eigenvalue weighted by atomic mass is 9.77. The monoisotopic (exact) mass is 317 g/mol. The highest BCUT2D eigenvalue weighted by Gasteiger charge is 2.48. The Balaban J connectivity index is 1.60. The molecule has 1 aromatic rings. The molecule has 2 aliphatic heterocycles. The second-order valence-electron chi connectivity index (χ2n) is 6.35. The van der Waals surface area contributed by atoms with Gasteiger partial charge in [-0.1, -0.05) is 0 Å². The van der Waals surface area contributed by atoms with Gasteiger partial charge in [-0.3, -0.25) is 14.6 Å². The predicted octanol–water partition coefficient (Wildman–Crippen LogP) is 1.18. The minimum atomic E-state index is -0.264. The van der Waals surface area contributed by atoms with Crippen LogP contribution >= 0.6 is 0 Å². The average Bonchev–Trinajstić information content (AvgIpc) is 2.90. The lowest BCUT2D eigenvalue weighted by Gasteiger charge is -2.38. The van der Waals surface area contributed by atoms with Crippen molar-refractivity contribution in [1.82, 2.24) is 14.8 Å². The number of pyridine rings is 1. The number of methoxy groups -OCH3 is 1. The van der Waals surface area contributed by atoms with Crippen molar-refractivity contribution in [3.63, 3.8) is 0 Å². The van der Waals surface area contributed by atoms with Crippen LogP contribution in [0.4, 0.5) is 0 Å². The third kappa shape index (κ3) is 3.08. The number of nitrogens with zero attached hydrogens (tertiary/aromatic N) is 3. The van der Waals surface area contributed by atoms with Gasteiger partial charge in [-0.2, -0.15) is 0 Å². The molecule has 124 valence electrons. The first-order valence-electron chi connectivity index (χ1n) is 8.14. The molecule has 0 unspecified atom stereocenters. The van der Waals surface area contributed by atoms with Gasteiger partial charge in [0.1, 0.15) is 0 Å². The number of piperidine rings is 1. The molecule has 3 heterocycles. The summed E-state index contributed by atoms with van der Waals surface area (Å²) in [5.74, 6) is 0.248. The molecule has 23 heavy (non-hydrogen) atoms. The molecule has 6 nitrogen and oxygen atoms in total. The Hall–Kier alpha value is -1.95. The Kier molecular flexibility index (Phi) is 4.61. The SMILES string of the molecule is COCCN1CCC2(CCN(C(=O)c3cccnc3)CC2)C1=O. The molecule has 0 atom stereocenters. The van der Waals surface area contributed by atoms with E-state index in [1.54, 1.807) is 31.6 Å². The summed E-state index contributed by atoms with van der Waals surface area (Å²) in [6.07, 6.45) is 5.65. The quantitative estimate of drug-likeness (QED) is 0.837. The molecule has 0 bridgehead atoms. The van der Waals surface area contributed by atoms with E-state index in [2.05, 4.69) is 4.98 Å². The summed E-state index contributed by atoms with van der Waals surface area (Å²) in [5, 5.41) is 0. The average molecular weight is 317 g/mol. The first-order valence-corrected chi connectivity index (χ1v) is 8.14. The number of ether oxygens (including phenoxy) is 1. The molecule has 2 fully saturated rings. The third-order valence-corrected chi connectivity index (χ3v) is 5.08. The van der Waals surface area contributed by atoms with Gasteiger partial charge in [0.15, 0.2) is 0 Å². The van der Waals surface area contributed by atoms with Crippen LogP contribution in [0.3, 0.4) is 0 Å². The summed E-state index contributed by atoms with van der Waals surface area (Å²) >= 11 is 0. The molecule has 1 spiro atoms. The lowest BCUT2D eigenvalue weighted by molar-refractivity contribution is -0.138. The van der Waals surface area contributed by atoms with E-state index < -0.39 is 0 Å². The van der Waals surface area contributed by atoms with Gasteiger partial charge in [-0.05, 0) is 31.4 Å². The van der Waals surface area contributed by atoms with E-state index in [1.165, 1.54) is 0 Å². The molecular weight excluding hydrogens is 294 g/mol. The number of rotatable bonds is 4. The maximum absolute atomic E-state index is 12.7. The highest BCUT2D eigenvalue weighted by Crippen LogP contribution is 2.41. The van der Waals surface area contributed by atoms with Gasteiger partial charge in [-0.25, -0.2) is 0 Å². The zero-order valence-electron chi connectivity index (χ0n) is 13.5. The number of likely N-dealkylation sites (tertiary alicyclic amines) is 2. The van der Waals surface area contributed by atoms with Crippen molar-refractivity contribution in [2.24, 2.45) is 5.41 Å². The van der Waals surface area contributed by atoms with Crippen molar-refractivity contribution in [1.29, 1.82) is 0 Å². The van der Waals surface area contributed by atoms with Crippen molar-refractivity contribution >= 4 is 11.8 Å². The van der Waals surface area contributed by atoms with Crippen LogP contribution in [-0.4, -0.2) is 66.5 Å². The van der Waals surface area contributed by atoms with Gasteiger partial charge in [-0.15, -0.1) is 0 Å². The molecule has 0 aliphatic carbocycles. The minimum Gasteiger partial charge on any atom is -0.383 e. The lowest BCUT2D eigenvalue weighted by Crippen LogP contribution is -2.47. The Bertz CT molecular complexity index is 568. The van der Waals surface area contributed by atoms with Crippen LogP contribution in [0.25, 0.3) is 0 Å². The van der Waals surface area contributed by atoms with Gasteiger partial charge in [0, 0.05) is 45.7 Å². The molecule has 0 saturated carbocycles. The molecule has 0 aromatic carbocycles. The van der Waals surface area contributed by atoms with Crippen molar-refractivity contribution in [2.75, 3.05) is 39.9 Å². The molecule has 0 N–H and O–H groups in total. The summed E-state index contributed by atoms with van der Waals surface area (Å²) in [6, 6.07) is 3.56. The largest absolute Gasteiger partial charge is 0.383 e. The van der Waals surface area contributed by atoms with Crippen LogP contribution in [0.5, 0.6) is 0 Å².